The van der Waals surface area contributed by atoms with Crippen molar-refractivity contribution in [3.8, 4) is 0 Å². The molecule has 0 bridgehead atoms. The van der Waals surface area contributed by atoms with Gasteiger partial charge < -0.3 is 10.2 Å². The van der Waals surface area contributed by atoms with E-state index >= 15 is 0 Å². The van der Waals surface area contributed by atoms with Crippen LogP contribution in [0.5, 0.6) is 0 Å². The van der Waals surface area contributed by atoms with Crippen LogP contribution in [0.15, 0.2) is 24.3 Å². The highest BCUT2D eigenvalue weighted by atomic mass is 16.2. The molecule has 0 aromatic heterocycles. The molecule has 1 aliphatic heterocycles. The quantitative estimate of drug-likeness (QED) is 0.504. The van der Waals surface area contributed by atoms with Gasteiger partial charge in [0.1, 0.15) is 6.54 Å². The van der Waals surface area contributed by atoms with E-state index in [2.05, 4.69) is 5.32 Å². The Morgan fingerprint density at radius 3 is 2.19 bits per heavy atom. The van der Waals surface area contributed by atoms with E-state index in [9.17, 15) is 19.2 Å². The van der Waals surface area contributed by atoms with Crippen molar-refractivity contribution in [1.82, 2.24) is 15.1 Å². The molecule has 1 aliphatic rings. The van der Waals surface area contributed by atoms with Gasteiger partial charge in [0, 0.05) is 24.7 Å². The monoisotopic (exact) mass is 361 g/mol. The summed E-state index contributed by atoms with van der Waals surface area (Å²) in [5, 5.41) is 2.56. The van der Waals surface area contributed by atoms with Crippen LogP contribution in [0.1, 0.15) is 29.8 Å². The Bertz CT molecular complexity index is 714. The molecule has 8 nitrogen and oxygen atoms in total. The lowest BCUT2D eigenvalue weighted by Gasteiger charge is -2.20. The maximum Gasteiger partial charge on any atom is 0.338 e. The second-order valence-electron chi connectivity index (χ2n) is 6.89. The molecule has 2 N–H and O–H groups in total. The van der Waals surface area contributed by atoms with Gasteiger partial charge in [-0.25, -0.2) is 9.69 Å². The van der Waals surface area contributed by atoms with Gasteiger partial charge in [0.25, 0.3) is 5.91 Å². The first-order valence-corrected chi connectivity index (χ1v) is 8.54. The maximum atomic E-state index is 12.4. The molecule has 140 valence electrons. The zero-order valence-electron chi connectivity index (χ0n) is 15.5. The number of hydrogen-bond acceptors (Lipinski definition) is 4. The molecule has 8 heteroatoms. The fraction of sp³-hybridized carbons (Fsp3) is 0.444. The third-order valence-electron chi connectivity index (χ3n) is 4.06. The Balaban J connectivity index is 2.00. The van der Waals surface area contributed by atoms with Crippen LogP contribution in [0, 0.1) is 5.92 Å². The molecule has 1 atom stereocenters. The molecular formula is C18H25N4O4+. The molecule has 1 fully saturated rings. The average Bonchev–Trinajstić information content (AvgIpc) is 2.79. The van der Waals surface area contributed by atoms with Gasteiger partial charge in [-0.15, -0.1) is 0 Å². The van der Waals surface area contributed by atoms with E-state index < -0.39 is 17.8 Å². The molecule has 1 aromatic carbocycles. The molecule has 0 radical (unpaired) electrons. The smallest absolute Gasteiger partial charge is 0.338 e. The standard InChI is InChI=1S/C18H24N4O4/c1-12(2)9-21-16(24)17(25)22(18(21)26)11-20(4)10-13-5-7-14(8-6-13)15(23)19-3/h5-8,12H,9-11H2,1-4H3,(H,19,23)/p+1. The van der Waals surface area contributed by atoms with E-state index in [1.165, 1.54) is 0 Å². The summed E-state index contributed by atoms with van der Waals surface area (Å²) in [5.74, 6) is -1.59. The lowest BCUT2D eigenvalue weighted by atomic mass is 10.1. The van der Waals surface area contributed by atoms with Crippen molar-refractivity contribution < 1.29 is 24.1 Å². The minimum absolute atomic E-state index is 0.0968. The van der Waals surface area contributed by atoms with Crippen molar-refractivity contribution in [2.45, 2.75) is 20.4 Å². The van der Waals surface area contributed by atoms with Crippen molar-refractivity contribution in [3.63, 3.8) is 0 Å². The summed E-state index contributed by atoms with van der Waals surface area (Å²) in [6.07, 6.45) is 0. The van der Waals surface area contributed by atoms with Crippen LogP contribution in [0.2, 0.25) is 0 Å². The maximum absolute atomic E-state index is 12.4. The summed E-state index contributed by atoms with van der Waals surface area (Å²) >= 11 is 0. The Hall–Kier alpha value is -2.74. The minimum Gasteiger partial charge on any atom is -0.355 e. The van der Waals surface area contributed by atoms with Gasteiger partial charge in [-0.3, -0.25) is 19.3 Å². The molecule has 2 rings (SSSR count). The number of carbonyl (C=O) groups is 4. The second kappa shape index (κ2) is 8.09. The molecule has 5 amide bonds. The highest BCUT2D eigenvalue weighted by molar-refractivity contribution is 6.44. The summed E-state index contributed by atoms with van der Waals surface area (Å²) in [6.45, 7) is 4.65. The summed E-state index contributed by atoms with van der Waals surface area (Å²) in [7, 11) is 3.41. The number of rotatable bonds is 7. The van der Waals surface area contributed by atoms with E-state index in [1.807, 2.05) is 33.0 Å². The first kappa shape index (κ1) is 19.6. The molecule has 0 aliphatic carbocycles. The first-order valence-electron chi connectivity index (χ1n) is 8.54. The topological polar surface area (TPSA) is 91.2 Å². The van der Waals surface area contributed by atoms with Crippen molar-refractivity contribution in [1.29, 1.82) is 0 Å². The van der Waals surface area contributed by atoms with Gasteiger partial charge in [-0.05, 0) is 18.1 Å². The predicted molar refractivity (Wildman–Crippen MR) is 94.1 cm³/mol. The molecule has 1 aromatic rings. The van der Waals surface area contributed by atoms with Crippen LogP contribution in [-0.2, 0) is 16.1 Å². The molecule has 1 unspecified atom stereocenters. The Kier molecular flexibility index (Phi) is 6.10. The van der Waals surface area contributed by atoms with Crippen molar-refractivity contribution in [2.24, 2.45) is 5.92 Å². The van der Waals surface area contributed by atoms with Gasteiger partial charge in [-0.2, -0.15) is 0 Å². The number of amides is 5. The van der Waals surface area contributed by atoms with Gasteiger partial charge in [-0.1, -0.05) is 26.0 Å². The Morgan fingerprint density at radius 1 is 1.08 bits per heavy atom. The summed E-state index contributed by atoms with van der Waals surface area (Å²) in [5.41, 5.74) is 1.52. The molecule has 1 heterocycles. The van der Waals surface area contributed by atoms with Crippen LogP contribution < -0.4 is 10.2 Å². The minimum atomic E-state index is -0.773. The molecule has 1 saturated heterocycles. The number of nitrogens with zero attached hydrogens (tertiary/aromatic N) is 2. The van der Waals surface area contributed by atoms with Gasteiger partial charge in [0.2, 0.25) is 0 Å². The normalized spacial score (nSPS) is 15.8. The fourth-order valence-corrected chi connectivity index (χ4v) is 2.81. The van der Waals surface area contributed by atoms with E-state index in [4.69, 9.17) is 0 Å². The third-order valence-corrected chi connectivity index (χ3v) is 4.06. The second-order valence-corrected chi connectivity index (χ2v) is 6.89. The number of carbonyl (C=O) groups excluding carboxylic acids is 4. The van der Waals surface area contributed by atoms with E-state index in [0.717, 1.165) is 20.3 Å². The number of quaternary nitrogens is 1. The van der Waals surface area contributed by atoms with Crippen molar-refractivity contribution >= 4 is 23.8 Å². The number of imide groups is 2. The predicted octanol–water partition coefficient (Wildman–Crippen LogP) is -0.535. The van der Waals surface area contributed by atoms with Crippen LogP contribution in [0.25, 0.3) is 0 Å². The lowest BCUT2D eigenvalue weighted by molar-refractivity contribution is -0.901. The first-order chi connectivity index (χ1) is 12.2. The van der Waals surface area contributed by atoms with Gasteiger partial charge in [0.15, 0.2) is 6.67 Å². The number of benzene rings is 1. The zero-order chi connectivity index (χ0) is 19.4. The molecule has 0 spiro atoms. The van der Waals surface area contributed by atoms with E-state index in [0.29, 0.717) is 12.1 Å². The van der Waals surface area contributed by atoms with Crippen molar-refractivity contribution in [2.75, 3.05) is 27.3 Å². The van der Waals surface area contributed by atoms with Crippen LogP contribution >= 0.6 is 0 Å². The molecule has 26 heavy (non-hydrogen) atoms. The largest absolute Gasteiger partial charge is 0.355 e. The van der Waals surface area contributed by atoms with E-state index in [-0.39, 0.29) is 25.0 Å². The Morgan fingerprint density at radius 2 is 1.65 bits per heavy atom. The SMILES string of the molecule is CNC(=O)c1ccc(C[NH+](C)CN2C(=O)C(=O)N(CC(C)C)C2=O)cc1. The van der Waals surface area contributed by atoms with Crippen LogP contribution in [0.3, 0.4) is 0 Å². The summed E-state index contributed by atoms with van der Waals surface area (Å²) < 4.78 is 0. The zero-order valence-corrected chi connectivity index (χ0v) is 15.5. The van der Waals surface area contributed by atoms with Gasteiger partial charge >= 0.3 is 17.8 Å². The number of hydrogen-bond donors (Lipinski definition) is 2. The van der Waals surface area contributed by atoms with Crippen LogP contribution in [-0.4, -0.2) is 60.9 Å². The van der Waals surface area contributed by atoms with Gasteiger partial charge in [0.05, 0.1) is 7.05 Å². The Labute approximate surface area is 152 Å². The number of nitrogens with one attached hydrogen (secondary N) is 2. The van der Waals surface area contributed by atoms with Crippen LogP contribution in [0.4, 0.5) is 4.79 Å². The third kappa shape index (κ3) is 4.26. The molecule has 0 saturated carbocycles. The molecular weight excluding hydrogens is 336 g/mol. The highest BCUT2D eigenvalue weighted by Crippen LogP contribution is 2.12. The summed E-state index contributed by atoms with van der Waals surface area (Å²) in [6, 6.07) is 6.56. The lowest BCUT2D eigenvalue weighted by Crippen LogP contribution is -3.09. The number of urea groups is 1. The fourth-order valence-electron chi connectivity index (χ4n) is 2.81. The van der Waals surface area contributed by atoms with E-state index in [1.54, 1.807) is 19.2 Å². The van der Waals surface area contributed by atoms with Crippen molar-refractivity contribution in [3.05, 3.63) is 35.4 Å². The highest BCUT2D eigenvalue weighted by Gasteiger charge is 2.45. The average molecular weight is 361 g/mol. The summed E-state index contributed by atoms with van der Waals surface area (Å²) in [4.78, 5) is 50.9.